The summed E-state index contributed by atoms with van der Waals surface area (Å²) < 4.78 is 33.4. The minimum Gasteiger partial charge on any atom is -0.373 e. The number of benzene rings is 1. The summed E-state index contributed by atoms with van der Waals surface area (Å²) in [5.41, 5.74) is 1.21. The molecular weight excluding hydrogens is 366 g/mol. The summed E-state index contributed by atoms with van der Waals surface area (Å²) in [5.74, 6) is -0.267. The summed E-state index contributed by atoms with van der Waals surface area (Å²) in [6.45, 7) is 6.13. The Morgan fingerprint density at radius 2 is 1.74 bits per heavy atom. The Kier molecular flexibility index (Phi) is 6.08. The van der Waals surface area contributed by atoms with Crippen molar-refractivity contribution in [2.24, 2.45) is 0 Å². The van der Waals surface area contributed by atoms with Crippen molar-refractivity contribution >= 4 is 21.6 Å². The zero-order chi connectivity index (χ0) is 19.6. The number of anilines is 1. The lowest BCUT2D eigenvalue weighted by atomic mass is 10.1. The first-order valence-electron chi connectivity index (χ1n) is 9.59. The Balaban J connectivity index is 1.97. The lowest BCUT2D eigenvalue weighted by molar-refractivity contribution is -0.0440. The number of carbonyl (C=O) groups excluding carboxylic acids is 1. The molecule has 0 radical (unpaired) electrons. The van der Waals surface area contributed by atoms with Crippen molar-refractivity contribution in [2.75, 3.05) is 38.1 Å². The number of amides is 1. The van der Waals surface area contributed by atoms with Crippen LogP contribution in [-0.4, -0.2) is 64.1 Å². The smallest absolute Gasteiger partial charge is 0.253 e. The van der Waals surface area contributed by atoms with Gasteiger partial charge in [-0.1, -0.05) is 0 Å². The van der Waals surface area contributed by atoms with Gasteiger partial charge < -0.3 is 15.0 Å². The number of nitrogens with one attached hydrogen (secondary N) is 1. The minimum absolute atomic E-state index is 0.156. The molecule has 1 aromatic carbocycles. The van der Waals surface area contributed by atoms with Crippen LogP contribution in [0.5, 0.6) is 0 Å². The van der Waals surface area contributed by atoms with Crippen LogP contribution in [0.1, 0.15) is 43.5 Å². The van der Waals surface area contributed by atoms with Gasteiger partial charge in [-0.2, -0.15) is 4.31 Å². The molecule has 2 saturated heterocycles. The van der Waals surface area contributed by atoms with E-state index in [1.807, 2.05) is 13.8 Å². The SMILES string of the molecule is CNC(=O)c1cc(S(=O)(=O)N2C[C@@H](C)O[C@@H](C)C2)ccc1N1CCCCC1. The van der Waals surface area contributed by atoms with Gasteiger partial charge in [0.1, 0.15) is 0 Å². The Labute approximate surface area is 161 Å². The number of carbonyl (C=O) groups is 1. The molecule has 150 valence electrons. The summed E-state index contributed by atoms with van der Waals surface area (Å²) in [6, 6.07) is 4.91. The number of hydrogen-bond donors (Lipinski definition) is 1. The lowest BCUT2D eigenvalue weighted by Crippen LogP contribution is -2.48. The number of sulfonamides is 1. The number of ether oxygens (including phenoxy) is 1. The fraction of sp³-hybridized carbons (Fsp3) is 0.632. The zero-order valence-corrected chi connectivity index (χ0v) is 17.1. The molecule has 3 rings (SSSR count). The van der Waals surface area contributed by atoms with Gasteiger partial charge in [-0.3, -0.25) is 4.79 Å². The van der Waals surface area contributed by atoms with Crippen LogP contribution in [0.2, 0.25) is 0 Å². The molecule has 1 aromatic rings. The largest absolute Gasteiger partial charge is 0.373 e. The summed E-state index contributed by atoms with van der Waals surface area (Å²) >= 11 is 0. The molecule has 0 aliphatic carbocycles. The molecule has 2 fully saturated rings. The van der Waals surface area contributed by atoms with Crippen molar-refractivity contribution in [2.45, 2.75) is 50.2 Å². The Bertz CT molecular complexity index is 780. The summed E-state index contributed by atoms with van der Waals surface area (Å²) in [5, 5.41) is 2.64. The maximum absolute atomic E-state index is 13.2. The Morgan fingerprint density at radius 3 is 2.33 bits per heavy atom. The van der Waals surface area contributed by atoms with Crippen molar-refractivity contribution in [1.82, 2.24) is 9.62 Å². The van der Waals surface area contributed by atoms with Gasteiger partial charge in [0, 0.05) is 38.9 Å². The highest BCUT2D eigenvalue weighted by atomic mass is 32.2. The van der Waals surface area contributed by atoms with E-state index in [-0.39, 0.29) is 23.0 Å². The van der Waals surface area contributed by atoms with Gasteiger partial charge in [0.15, 0.2) is 0 Å². The van der Waals surface area contributed by atoms with Gasteiger partial charge in [0.05, 0.1) is 22.7 Å². The first kappa shape index (κ1) is 20.1. The van der Waals surface area contributed by atoms with Crippen molar-refractivity contribution in [3.05, 3.63) is 23.8 Å². The Hall–Kier alpha value is -1.64. The van der Waals surface area contributed by atoms with Gasteiger partial charge in [-0.15, -0.1) is 0 Å². The Morgan fingerprint density at radius 1 is 1.11 bits per heavy atom. The molecule has 2 atom stereocenters. The van der Waals surface area contributed by atoms with E-state index >= 15 is 0 Å². The maximum atomic E-state index is 13.2. The molecule has 27 heavy (non-hydrogen) atoms. The van der Waals surface area contributed by atoms with Gasteiger partial charge in [-0.25, -0.2) is 8.42 Å². The van der Waals surface area contributed by atoms with E-state index in [4.69, 9.17) is 4.74 Å². The highest BCUT2D eigenvalue weighted by Gasteiger charge is 2.33. The molecule has 7 nitrogen and oxygen atoms in total. The quantitative estimate of drug-likeness (QED) is 0.842. The van der Waals surface area contributed by atoms with E-state index in [9.17, 15) is 13.2 Å². The molecule has 2 aliphatic heterocycles. The fourth-order valence-electron chi connectivity index (χ4n) is 3.88. The van der Waals surface area contributed by atoms with Crippen molar-refractivity contribution in [3.63, 3.8) is 0 Å². The molecule has 0 saturated carbocycles. The second kappa shape index (κ2) is 8.16. The fourth-order valence-corrected chi connectivity index (χ4v) is 5.50. The van der Waals surface area contributed by atoms with Crippen LogP contribution in [0.25, 0.3) is 0 Å². The zero-order valence-electron chi connectivity index (χ0n) is 16.3. The number of morpholine rings is 1. The lowest BCUT2D eigenvalue weighted by Gasteiger charge is -2.35. The second-order valence-corrected chi connectivity index (χ2v) is 9.32. The van der Waals surface area contributed by atoms with Crippen LogP contribution in [0, 0.1) is 0 Å². The average Bonchev–Trinajstić information content (AvgIpc) is 2.66. The normalized spacial score (nSPS) is 24.6. The van der Waals surface area contributed by atoms with Crippen molar-refractivity contribution < 1.29 is 17.9 Å². The third-order valence-electron chi connectivity index (χ3n) is 5.16. The summed E-state index contributed by atoms with van der Waals surface area (Å²) in [4.78, 5) is 14.8. The van der Waals surface area contributed by atoms with E-state index < -0.39 is 10.0 Å². The van der Waals surface area contributed by atoms with Crippen LogP contribution in [0.15, 0.2) is 23.1 Å². The van der Waals surface area contributed by atoms with Crippen LogP contribution in [0.3, 0.4) is 0 Å². The highest BCUT2D eigenvalue weighted by Crippen LogP contribution is 2.29. The molecule has 0 bridgehead atoms. The standard InChI is InChI=1S/C19H29N3O4S/c1-14-12-22(13-15(2)26-14)27(24,25)16-7-8-18(17(11-16)19(23)20-3)21-9-5-4-6-10-21/h7-8,11,14-15H,4-6,9-10,12-13H2,1-3H3,(H,20,23)/t14-,15+. The number of hydrogen-bond acceptors (Lipinski definition) is 5. The van der Waals surface area contributed by atoms with Crippen LogP contribution < -0.4 is 10.2 Å². The van der Waals surface area contributed by atoms with Crippen LogP contribution in [-0.2, 0) is 14.8 Å². The first-order valence-corrected chi connectivity index (χ1v) is 11.0. The predicted octanol–water partition coefficient (Wildman–Crippen LogP) is 1.83. The molecule has 8 heteroatoms. The predicted molar refractivity (Wildman–Crippen MR) is 105 cm³/mol. The van der Waals surface area contributed by atoms with Crippen molar-refractivity contribution in [1.29, 1.82) is 0 Å². The first-order chi connectivity index (χ1) is 12.8. The van der Waals surface area contributed by atoms with E-state index in [1.54, 1.807) is 19.2 Å². The number of nitrogens with zero attached hydrogens (tertiary/aromatic N) is 2. The van der Waals surface area contributed by atoms with E-state index in [0.29, 0.717) is 18.7 Å². The summed E-state index contributed by atoms with van der Waals surface area (Å²) in [7, 11) is -2.12. The van der Waals surface area contributed by atoms with Crippen LogP contribution >= 0.6 is 0 Å². The third kappa shape index (κ3) is 4.28. The second-order valence-electron chi connectivity index (χ2n) is 7.39. The molecule has 0 spiro atoms. The van der Waals surface area contributed by atoms with Gasteiger partial charge in [0.2, 0.25) is 10.0 Å². The monoisotopic (exact) mass is 395 g/mol. The molecule has 2 aliphatic rings. The van der Waals surface area contributed by atoms with E-state index in [0.717, 1.165) is 31.6 Å². The van der Waals surface area contributed by atoms with E-state index in [1.165, 1.54) is 16.8 Å². The number of piperidine rings is 1. The van der Waals surface area contributed by atoms with Gasteiger partial charge in [-0.05, 0) is 51.3 Å². The number of rotatable bonds is 4. The van der Waals surface area contributed by atoms with Gasteiger partial charge >= 0.3 is 0 Å². The molecular formula is C19H29N3O4S. The molecule has 0 unspecified atom stereocenters. The van der Waals surface area contributed by atoms with Crippen LogP contribution in [0.4, 0.5) is 5.69 Å². The molecule has 1 N–H and O–H groups in total. The molecule has 1 amide bonds. The molecule has 0 aromatic heterocycles. The summed E-state index contributed by atoms with van der Waals surface area (Å²) in [6.07, 6.45) is 3.03. The maximum Gasteiger partial charge on any atom is 0.253 e. The van der Waals surface area contributed by atoms with Crippen molar-refractivity contribution in [3.8, 4) is 0 Å². The van der Waals surface area contributed by atoms with E-state index in [2.05, 4.69) is 10.2 Å². The minimum atomic E-state index is -3.68. The highest BCUT2D eigenvalue weighted by molar-refractivity contribution is 7.89. The molecule has 2 heterocycles. The van der Waals surface area contributed by atoms with Gasteiger partial charge in [0.25, 0.3) is 5.91 Å². The average molecular weight is 396 g/mol. The topological polar surface area (TPSA) is 79.0 Å². The third-order valence-corrected chi connectivity index (χ3v) is 6.99.